The Bertz CT molecular complexity index is 45.3. The molecule has 0 heterocycles. The van der Waals surface area contributed by atoms with Crippen molar-refractivity contribution in [3.05, 3.63) is 0 Å². The van der Waals surface area contributed by atoms with Crippen molar-refractivity contribution >= 4 is 20.3 Å². The molecular weight excluding hydrogens is 102 g/mol. The zero-order chi connectivity index (χ0) is 4.12. The fourth-order valence-electron chi connectivity index (χ4n) is 0.0423. The van der Waals surface area contributed by atoms with E-state index in [9.17, 15) is 0 Å². The Morgan fingerprint density at radius 1 is 1.80 bits per heavy atom. The van der Waals surface area contributed by atoms with E-state index in [1.807, 2.05) is 0 Å². The van der Waals surface area contributed by atoms with E-state index in [-0.39, 0.29) is 0 Å². The van der Waals surface area contributed by atoms with E-state index in [2.05, 4.69) is 14.3 Å². The molecule has 0 rings (SSSR count). The molecule has 0 aliphatic carbocycles. The molecule has 0 aromatic heterocycles. The van der Waals surface area contributed by atoms with Gasteiger partial charge in [0.2, 0.25) is 0 Å². The quantitative estimate of drug-likeness (QED) is 0.354. The van der Waals surface area contributed by atoms with Crippen molar-refractivity contribution in [3.8, 4) is 5.63 Å². The van der Waals surface area contributed by atoms with Crippen molar-refractivity contribution in [3.63, 3.8) is 0 Å². The summed E-state index contributed by atoms with van der Waals surface area (Å²) in [5.74, 6) is 0.628. The Balaban J connectivity index is 2.48. The van der Waals surface area contributed by atoms with Crippen molar-refractivity contribution in [2.24, 2.45) is 0 Å². The third-order valence-corrected chi connectivity index (χ3v) is 0.619. The van der Waals surface area contributed by atoms with Gasteiger partial charge in [0, 0.05) is 0 Å². The van der Waals surface area contributed by atoms with Crippen molar-refractivity contribution in [2.75, 3.05) is 5.88 Å². The van der Waals surface area contributed by atoms with Crippen molar-refractivity contribution in [1.82, 2.24) is 0 Å². The fraction of sp³-hybridized carbons (Fsp3) is 0.667. The van der Waals surface area contributed by atoms with Crippen molar-refractivity contribution in [1.29, 1.82) is 0 Å². The minimum absolute atomic E-state index is 0.628. The van der Waals surface area contributed by atoms with Gasteiger partial charge in [0.05, 0.1) is 0 Å². The standard InChI is InChI=1S/C3H4ClP/c4-2-1-3-5/h1-2H2. The van der Waals surface area contributed by atoms with Crippen LogP contribution in [0.15, 0.2) is 0 Å². The number of rotatable bonds is 1. The third kappa shape index (κ3) is 4.50. The zero-order valence-corrected chi connectivity index (χ0v) is 4.39. The summed E-state index contributed by atoms with van der Waals surface area (Å²) >= 11 is 5.19. The average Bonchev–Trinajstić information content (AvgIpc) is 1.41. The Morgan fingerprint density at radius 2 is 2.40 bits per heavy atom. The number of alkyl halides is 1. The van der Waals surface area contributed by atoms with E-state index in [1.54, 1.807) is 0 Å². The first-order valence-electron chi connectivity index (χ1n) is 1.34. The Hall–Kier alpha value is 0.500. The number of hydrogen-bond acceptors (Lipinski definition) is 0. The molecule has 0 radical (unpaired) electrons. The predicted molar refractivity (Wildman–Crippen MR) is 26.1 cm³/mol. The summed E-state index contributed by atoms with van der Waals surface area (Å²) in [6, 6.07) is 0. The molecule has 0 N–H and O–H groups in total. The van der Waals surface area contributed by atoms with Crippen LogP contribution in [0.2, 0.25) is 0 Å². The van der Waals surface area contributed by atoms with Gasteiger partial charge in [-0.05, 0) is 0 Å². The molecule has 28 valence electrons. The molecule has 0 saturated carbocycles. The Labute approximate surface area is 39.0 Å². The Morgan fingerprint density at radius 3 is 2.40 bits per heavy atom. The summed E-state index contributed by atoms with van der Waals surface area (Å²) in [5, 5.41) is 0. The zero-order valence-electron chi connectivity index (χ0n) is 2.74. The van der Waals surface area contributed by atoms with Gasteiger partial charge in [0.1, 0.15) is 0 Å². The summed E-state index contributed by atoms with van der Waals surface area (Å²) in [5.41, 5.74) is 2.58. The van der Waals surface area contributed by atoms with Crippen LogP contribution in [-0.4, -0.2) is 5.88 Å². The van der Waals surface area contributed by atoms with Gasteiger partial charge in [0.25, 0.3) is 0 Å². The Kier molecular flexibility index (Phi) is 4.95. The van der Waals surface area contributed by atoms with Crippen molar-refractivity contribution < 1.29 is 0 Å². The molecule has 0 saturated heterocycles. The van der Waals surface area contributed by atoms with Crippen LogP contribution in [0.25, 0.3) is 0 Å². The molecular formula is C3H4ClP. The van der Waals surface area contributed by atoms with Crippen LogP contribution >= 0.6 is 20.3 Å². The van der Waals surface area contributed by atoms with E-state index >= 15 is 0 Å². The van der Waals surface area contributed by atoms with Crippen molar-refractivity contribution in [2.45, 2.75) is 6.42 Å². The SMILES string of the molecule is P#CCCCl. The molecule has 0 amide bonds. The van der Waals surface area contributed by atoms with E-state index in [1.165, 1.54) is 0 Å². The summed E-state index contributed by atoms with van der Waals surface area (Å²) in [6.07, 6.45) is 0.769. The molecule has 0 aliphatic rings. The second-order valence-corrected chi connectivity index (χ2v) is 1.29. The van der Waals surface area contributed by atoms with Gasteiger partial charge >= 0.3 is 38.2 Å². The maximum absolute atomic E-state index is 5.19. The van der Waals surface area contributed by atoms with Gasteiger partial charge in [-0.25, -0.2) is 0 Å². The minimum atomic E-state index is 0.628. The van der Waals surface area contributed by atoms with Crippen LogP contribution in [0.1, 0.15) is 6.42 Å². The van der Waals surface area contributed by atoms with Gasteiger partial charge in [-0.2, -0.15) is 0 Å². The summed E-state index contributed by atoms with van der Waals surface area (Å²) < 4.78 is 0. The number of hydrogen-bond donors (Lipinski definition) is 0. The number of halogens is 1. The van der Waals surface area contributed by atoms with Gasteiger partial charge in [-0.1, -0.05) is 0 Å². The summed E-state index contributed by atoms with van der Waals surface area (Å²) in [6.45, 7) is 0. The van der Waals surface area contributed by atoms with Gasteiger partial charge in [-0.3, -0.25) is 0 Å². The van der Waals surface area contributed by atoms with Gasteiger partial charge in [-0.15, -0.1) is 0 Å². The molecule has 0 aromatic carbocycles. The maximum atomic E-state index is 5.19. The first-order chi connectivity index (χ1) is 2.41. The summed E-state index contributed by atoms with van der Waals surface area (Å²) in [7, 11) is 3.67. The third-order valence-electron chi connectivity index (χ3n) is 0.206. The molecule has 0 bridgehead atoms. The molecule has 2 heteroatoms. The van der Waals surface area contributed by atoms with Gasteiger partial charge < -0.3 is 0 Å². The molecule has 0 spiro atoms. The summed E-state index contributed by atoms with van der Waals surface area (Å²) in [4.78, 5) is 0. The van der Waals surface area contributed by atoms with Gasteiger partial charge in [0.15, 0.2) is 0 Å². The van der Waals surface area contributed by atoms with Crippen LogP contribution in [0.4, 0.5) is 0 Å². The molecule has 0 atom stereocenters. The fourth-order valence-corrected chi connectivity index (χ4v) is 0.380. The topological polar surface area (TPSA) is 0 Å². The van der Waals surface area contributed by atoms with E-state index in [0.717, 1.165) is 6.42 Å². The van der Waals surface area contributed by atoms with Crippen LogP contribution in [0.3, 0.4) is 0 Å². The van der Waals surface area contributed by atoms with E-state index in [0.29, 0.717) is 5.88 Å². The molecule has 0 aromatic rings. The molecule has 5 heavy (non-hydrogen) atoms. The molecule has 0 aliphatic heterocycles. The van der Waals surface area contributed by atoms with E-state index < -0.39 is 0 Å². The first-order valence-corrected chi connectivity index (χ1v) is 2.33. The molecule has 0 unspecified atom stereocenters. The van der Waals surface area contributed by atoms with Crippen LogP contribution in [-0.2, 0) is 0 Å². The monoisotopic (exact) mass is 106 g/mol. The normalized spacial score (nSPS) is 6.40. The first kappa shape index (κ1) is 5.50. The second kappa shape index (κ2) is 4.50. The van der Waals surface area contributed by atoms with E-state index in [4.69, 9.17) is 11.6 Å². The van der Waals surface area contributed by atoms with Crippen LogP contribution in [0.5, 0.6) is 0 Å². The van der Waals surface area contributed by atoms with Crippen LogP contribution < -0.4 is 0 Å². The molecule has 0 fully saturated rings. The predicted octanol–water partition coefficient (Wildman–Crippen LogP) is 1.99. The second-order valence-electron chi connectivity index (χ2n) is 0.597. The average molecular weight is 106 g/mol. The van der Waals surface area contributed by atoms with Crippen LogP contribution in [0, 0.1) is 5.63 Å². The molecule has 0 nitrogen and oxygen atoms in total.